The SMILES string of the molecule is CSc1cccc(NC(=O)CN2C(=O)CC(c3ccc(F)cc3)=Nc3ccccc32)c1. The summed E-state index contributed by atoms with van der Waals surface area (Å²) in [5.41, 5.74) is 3.04. The summed E-state index contributed by atoms with van der Waals surface area (Å²) in [6.45, 7) is -0.133. The molecule has 0 radical (unpaired) electrons. The number of benzene rings is 3. The Morgan fingerprint density at radius 2 is 1.87 bits per heavy atom. The van der Waals surface area contributed by atoms with Crippen molar-refractivity contribution in [2.45, 2.75) is 11.3 Å². The van der Waals surface area contributed by atoms with E-state index in [2.05, 4.69) is 10.3 Å². The van der Waals surface area contributed by atoms with E-state index in [1.54, 1.807) is 42.1 Å². The van der Waals surface area contributed by atoms with Crippen molar-refractivity contribution in [1.82, 2.24) is 0 Å². The molecule has 2 amide bonds. The first-order valence-corrected chi connectivity index (χ1v) is 10.9. The van der Waals surface area contributed by atoms with Gasteiger partial charge in [-0.25, -0.2) is 4.39 Å². The summed E-state index contributed by atoms with van der Waals surface area (Å²) in [4.78, 5) is 33.0. The molecular formula is C24H20FN3O2S. The number of hydrogen-bond donors (Lipinski definition) is 1. The molecule has 3 aromatic rings. The average Bonchev–Trinajstić information content (AvgIpc) is 2.91. The zero-order chi connectivity index (χ0) is 21.8. The first kappa shape index (κ1) is 20.8. The fourth-order valence-corrected chi connectivity index (χ4v) is 3.83. The van der Waals surface area contributed by atoms with Crippen LogP contribution < -0.4 is 10.2 Å². The van der Waals surface area contributed by atoms with E-state index in [-0.39, 0.29) is 30.6 Å². The van der Waals surface area contributed by atoms with E-state index in [1.165, 1.54) is 17.0 Å². The molecule has 31 heavy (non-hydrogen) atoms. The van der Waals surface area contributed by atoms with Crippen LogP contribution in [-0.2, 0) is 9.59 Å². The second kappa shape index (κ2) is 9.14. The summed E-state index contributed by atoms with van der Waals surface area (Å²) in [5, 5.41) is 2.86. The summed E-state index contributed by atoms with van der Waals surface area (Å²) in [7, 11) is 0. The van der Waals surface area contributed by atoms with Crippen LogP contribution in [-0.4, -0.2) is 30.3 Å². The third kappa shape index (κ3) is 4.83. The Hall–Kier alpha value is -3.45. The minimum absolute atomic E-state index is 0.00948. The Morgan fingerprint density at radius 1 is 1.10 bits per heavy atom. The number of fused-ring (bicyclic) bond motifs is 1. The van der Waals surface area contributed by atoms with Gasteiger partial charge in [-0.05, 0) is 54.3 Å². The lowest BCUT2D eigenvalue weighted by atomic mass is 10.1. The summed E-state index contributed by atoms with van der Waals surface area (Å²) in [5.74, 6) is -0.902. The number of halogens is 1. The van der Waals surface area contributed by atoms with Crippen LogP contribution >= 0.6 is 11.8 Å². The van der Waals surface area contributed by atoms with Crippen LogP contribution in [0.2, 0.25) is 0 Å². The molecule has 156 valence electrons. The van der Waals surface area contributed by atoms with Crippen molar-refractivity contribution in [3.63, 3.8) is 0 Å². The fourth-order valence-electron chi connectivity index (χ4n) is 3.37. The number of thioether (sulfide) groups is 1. The number of rotatable bonds is 5. The van der Waals surface area contributed by atoms with Crippen LogP contribution in [0.3, 0.4) is 0 Å². The number of aliphatic imine (C=N–C) groups is 1. The van der Waals surface area contributed by atoms with Gasteiger partial charge in [0.2, 0.25) is 11.8 Å². The lowest BCUT2D eigenvalue weighted by Crippen LogP contribution is -2.38. The number of hydrogen-bond acceptors (Lipinski definition) is 4. The van der Waals surface area contributed by atoms with E-state index < -0.39 is 0 Å². The zero-order valence-electron chi connectivity index (χ0n) is 16.8. The maximum atomic E-state index is 13.3. The van der Waals surface area contributed by atoms with E-state index in [0.717, 1.165) is 4.90 Å². The van der Waals surface area contributed by atoms with Gasteiger partial charge in [-0.2, -0.15) is 0 Å². The first-order chi connectivity index (χ1) is 15.0. The van der Waals surface area contributed by atoms with Crippen LogP contribution in [0.5, 0.6) is 0 Å². The highest BCUT2D eigenvalue weighted by atomic mass is 32.2. The van der Waals surface area contributed by atoms with Crippen LogP contribution in [0.25, 0.3) is 0 Å². The van der Waals surface area contributed by atoms with E-state index in [1.807, 2.05) is 36.6 Å². The van der Waals surface area contributed by atoms with Crippen LogP contribution in [0.1, 0.15) is 12.0 Å². The minimum atomic E-state index is -0.353. The van der Waals surface area contributed by atoms with Gasteiger partial charge in [0, 0.05) is 10.6 Å². The number of carbonyl (C=O) groups is 2. The molecule has 1 aliphatic heterocycles. The monoisotopic (exact) mass is 433 g/mol. The molecule has 1 aliphatic rings. The largest absolute Gasteiger partial charge is 0.324 e. The molecule has 3 aromatic carbocycles. The predicted molar refractivity (Wildman–Crippen MR) is 123 cm³/mol. The Bertz CT molecular complexity index is 1160. The molecule has 0 saturated heterocycles. The number of para-hydroxylation sites is 2. The molecule has 0 unspecified atom stereocenters. The van der Waals surface area contributed by atoms with Gasteiger partial charge >= 0.3 is 0 Å². The highest BCUT2D eigenvalue weighted by Crippen LogP contribution is 2.33. The van der Waals surface area contributed by atoms with Gasteiger partial charge in [0.25, 0.3) is 0 Å². The molecule has 0 aromatic heterocycles. The van der Waals surface area contributed by atoms with E-state index in [4.69, 9.17) is 0 Å². The van der Waals surface area contributed by atoms with Crippen molar-refractivity contribution in [3.8, 4) is 0 Å². The smallest absolute Gasteiger partial charge is 0.244 e. The van der Waals surface area contributed by atoms with Crippen LogP contribution in [0.4, 0.5) is 21.5 Å². The average molecular weight is 434 g/mol. The molecular weight excluding hydrogens is 413 g/mol. The standard InChI is InChI=1S/C24H20FN3O2S/c1-31-19-6-4-5-18(13-19)26-23(29)15-28-22-8-3-2-7-20(22)27-21(14-24(28)30)16-9-11-17(25)12-10-16/h2-13H,14-15H2,1H3,(H,26,29). The number of carbonyl (C=O) groups excluding carboxylic acids is 2. The molecule has 0 aliphatic carbocycles. The second-order valence-corrected chi connectivity index (χ2v) is 7.87. The molecule has 0 spiro atoms. The highest BCUT2D eigenvalue weighted by Gasteiger charge is 2.26. The van der Waals surface area contributed by atoms with Gasteiger partial charge in [-0.1, -0.05) is 30.3 Å². The van der Waals surface area contributed by atoms with Crippen molar-refractivity contribution < 1.29 is 14.0 Å². The van der Waals surface area contributed by atoms with Gasteiger partial charge in [-0.3, -0.25) is 14.6 Å². The number of anilines is 2. The molecule has 5 nitrogen and oxygen atoms in total. The number of nitrogens with zero attached hydrogens (tertiary/aromatic N) is 2. The molecule has 1 heterocycles. The Balaban J connectivity index is 1.59. The molecule has 0 bridgehead atoms. The fraction of sp³-hybridized carbons (Fsp3) is 0.125. The summed E-state index contributed by atoms with van der Waals surface area (Å²) >= 11 is 1.58. The van der Waals surface area contributed by atoms with E-state index in [0.29, 0.717) is 28.3 Å². The molecule has 1 N–H and O–H groups in total. The van der Waals surface area contributed by atoms with Gasteiger partial charge < -0.3 is 10.2 Å². The molecule has 0 fully saturated rings. The van der Waals surface area contributed by atoms with Crippen LogP contribution in [0.15, 0.2) is 82.7 Å². The minimum Gasteiger partial charge on any atom is -0.324 e. The topological polar surface area (TPSA) is 61.8 Å². The van der Waals surface area contributed by atoms with Gasteiger partial charge in [0.1, 0.15) is 12.4 Å². The van der Waals surface area contributed by atoms with Gasteiger partial charge in [-0.15, -0.1) is 11.8 Å². The van der Waals surface area contributed by atoms with Crippen molar-refractivity contribution >= 4 is 46.4 Å². The maximum absolute atomic E-state index is 13.3. The zero-order valence-corrected chi connectivity index (χ0v) is 17.7. The lowest BCUT2D eigenvalue weighted by Gasteiger charge is -2.22. The van der Waals surface area contributed by atoms with E-state index >= 15 is 0 Å². The van der Waals surface area contributed by atoms with Crippen molar-refractivity contribution in [3.05, 3.63) is 84.2 Å². The molecule has 7 heteroatoms. The van der Waals surface area contributed by atoms with Gasteiger partial charge in [0.05, 0.1) is 23.5 Å². The molecule has 0 atom stereocenters. The summed E-state index contributed by atoms with van der Waals surface area (Å²) in [6, 6.07) is 20.6. The van der Waals surface area contributed by atoms with Crippen molar-refractivity contribution in [2.24, 2.45) is 4.99 Å². The maximum Gasteiger partial charge on any atom is 0.244 e. The lowest BCUT2D eigenvalue weighted by molar-refractivity contribution is -0.120. The summed E-state index contributed by atoms with van der Waals surface area (Å²) in [6.07, 6.45) is 1.97. The second-order valence-electron chi connectivity index (χ2n) is 6.99. The third-order valence-electron chi connectivity index (χ3n) is 4.88. The van der Waals surface area contributed by atoms with Crippen molar-refractivity contribution in [2.75, 3.05) is 23.0 Å². The molecule has 0 saturated carbocycles. The predicted octanol–water partition coefficient (Wildman–Crippen LogP) is 5.04. The normalized spacial score (nSPS) is 13.3. The Morgan fingerprint density at radius 3 is 2.65 bits per heavy atom. The highest BCUT2D eigenvalue weighted by molar-refractivity contribution is 7.98. The van der Waals surface area contributed by atoms with E-state index in [9.17, 15) is 14.0 Å². The quantitative estimate of drug-likeness (QED) is 0.573. The molecule has 4 rings (SSSR count). The Labute approximate surface area is 184 Å². The summed E-state index contributed by atoms with van der Waals surface area (Å²) < 4.78 is 13.3. The number of amides is 2. The van der Waals surface area contributed by atoms with Gasteiger partial charge in [0.15, 0.2) is 0 Å². The number of nitrogens with one attached hydrogen (secondary N) is 1. The Kier molecular flexibility index (Phi) is 6.13. The third-order valence-corrected chi connectivity index (χ3v) is 5.61. The first-order valence-electron chi connectivity index (χ1n) is 9.70. The van der Waals surface area contributed by atoms with Crippen LogP contribution in [0, 0.1) is 5.82 Å². The van der Waals surface area contributed by atoms with Crippen molar-refractivity contribution in [1.29, 1.82) is 0 Å².